The van der Waals surface area contributed by atoms with Crippen LogP contribution >= 0.6 is 0 Å². The van der Waals surface area contributed by atoms with Gasteiger partial charge in [-0.05, 0) is 251 Å². The van der Waals surface area contributed by atoms with Crippen LogP contribution in [-0.2, 0) is 25.7 Å². The molecular formula is C76H94F6O2. The van der Waals surface area contributed by atoms with Crippen molar-refractivity contribution >= 4 is 32.3 Å². The molecule has 0 saturated heterocycles. The van der Waals surface area contributed by atoms with Gasteiger partial charge in [0.25, 0.3) is 0 Å². The SMILES string of the molecule is C=C/C=C/CCCCc1cc(C)cc2c(CCCC/C=C/C=C)cc(C)cc12.CC(C)=CCCCCc1cc(C)cc2c(CCCCC=C(C)C)cc(C)cc12.Cc1cc(OCCC(F)=C(F)F)c2cc(C)cc(OCCC(F)=C(F)F)c2c1. The molecule has 0 unspecified atom stereocenters. The van der Waals surface area contributed by atoms with Gasteiger partial charge in [0.1, 0.15) is 11.5 Å². The van der Waals surface area contributed by atoms with Crippen molar-refractivity contribution in [1.82, 2.24) is 0 Å². The number of allylic oxidation sites excluding steroid dienone is 10. The Morgan fingerprint density at radius 1 is 0.369 bits per heavy atom. The molecule has 8 heteroatoms. The third-order valence-electron chi connectivity index (χ3n) is 14.5. The normalized spacial score (nSPS) is 11.1. The third-order valence-corrected chi connectivity index (χ3v) is 14.5. The lowest BCUT2D eigenvalue weighted by atomic mass is 9.91. The Balaban J connectivity index is 0.000000270. The zero-order valence-corrected chi connectivity index (χ0v) is 52.2. The van der Waals surface area contributed by atoms with Gasteiger partial charge in [-0.3, -0.25) is 0 Å². The molecular weight excluding hydrogens is 1060 g/mol. The van der Waals surface area contributed by atoms with Gasteiger partial charge >= 0.3 is 12.2 Å². The van der Waals surface area contributed by atoms with Gasteiger partial charge in [-0.15, -0.1) is 0 Å². The maximum Gasteiger partial charge on any atom is 0.301 e. The molecule has 6 aromatic rings. The summed E-state index contributed by atoms with van der Waals surface area (Å²) < 4.78 is 85.5. The van der Waals surface area contributed by atoms with Crippen LogP contribution in [0.15, 0.2) is 170 Å². The number of benzene rings is 6. The fraction of sp³-hybridized carbons (Fsp3) is 0.395. The van der Waals surface area contributed by atoms with E-state index in [1.807, 2.05) is 24.3 Å². The predicted molar refractivity (Wildman–Crippen MR) is 349 cm³/mol. The monoisotopic (exact) mass is 1150 g/mol. The van der Waals surface area contributed by atoms with Gasteiger partial charge in [0.15, 0.2) is 11.7 Å². The van der Waals surface area contributed by atoms with E-state index in [1.165, 1.54) is 143 Å². The van der Waals surface area contributed by atoms with E-state index in [1.54, 1.807) is 49.2 Å². The van der Waals surface area contributed by atoms with Crippen LogP contribution in [0.1, 0.15) is 173 Å². The molecule has 0 aliphatic rings. The molecule has 0 amide bonds. The van der Waals surface area contributed by atoms with E-state index in [0.29, 0.717) is 22.3 Å². The molecule has 0 heterocycles. The number of fused-ring (bicyclic) bond motifs is 3. The molecule has 452 valence electrons. The predicted octanol–water partition coefficient (Wildman–Crippen LogP) is 24.3. The molecule has 2 nitrogen and oxygen atoms in total. The van der Waals surface area contributed by atoms with Crippen molar-refractivity contribution in [2.24, 2.45) is 0 Å². The van der Waals surface area contributed by atoms with E-state index >= 15 is 0 Å². The van der Waals surface area contributed by atoms with Crippen LogP contribution in [0.25, 0.3) is 32.3 Å². The summed E-state index contributed by atoms with van der Waals surface area (Å²) in [7, 11) is 0. The molecule has 0 bridgehead atoms. The Kier molecular flexibility index (Phi) is 31.1. The minimum absolute atomic E-state index is 0.294. The molecule has 0 radical (unpaired) electrons. The van der Waals surface area contributed by atoms with Crippen LogP contribution in [0.4, 0.5) is 26.3 Å². The van der Waals surface area contributed by atoms with E-state index < -0.39 is 36.7 Å². The van der Waals surface area contributed by atoms with Gasteiger partial charge in [-0.2, -0.15) is 17.6 Å². The first-order valence-electron chi connectivity index (χ1n) is 30.3. The molecule has 0 saturated carbocycles. The Labute approximate surface area is 500 Å². The largest absolute Gasteiger partial charge is 0.492 e. The molecule has 6 aromatic carbocycles. The number of hydrogen-bond acceptors (Lipinski definition) is 2. The van der Waals surface area contributed by atoms with Crippen molar-refractivity contribution in [2.45, 2.75) is 185 Å². The lowest BCUT2D eigenvalue weighted by Crippen LogP contribution is -2.02. The highest BCUT2D eigenvalue weighted by Crippen LogP contribution is 2.36. The zero-order valence-electron chi connectivity index (χ0n) is 52.2. The molecule has 0 aliphatic heterocycles. The summed E-state index contributed by atoms with van der Waals surface area (Å²) in [6.45, 7) is 28.2. The maximum absolute atomic E-state index is 13.0. The Morgan fingerprint density at radius 3 is 0.917 bits per heavy atom. The van der Waals surface area contributed by atoms with Crippen molar-refractivity contribution in [3.63, 3.8) is 0 Å². The molecule has 0 spiro atoms. The molecule has 6 rings (SSSR count). The second-order valence-corrected chi connectivity index (χ2v) is 22.9. The van der Waals surface area contributed by atoms with Gasteiger partial charge in [0.05, 0.1) is 13.2 Å². The number of hydrogen-bond donors (Lipinski definition) is 0. The topological polar surface area (TPSA) is 18.5 Å². The van der Waals surface area contributed by atoms with E-state index in [2.05, 4.69) is 141 Å². The van der Waals surface area contributed by atoms with Crippen LogP contribution in [0.5, 0.6) is 11.5 Å². The van der Waals surface area contributed by atoms with E-state index in [0.717, 1.165) is 36.8 Å². The smallest absolute Gasteiger partial charge is 0.301 e. The number of aryl methyl sites for hydroxylation is 10. The number of unbranched alkanes of at least 4 members (excludes halogenated alkanes) is 8. The Morgan fingerprint density at radius 2 is 0.643 bits per heavy atom. The van der Waals surface area contributed by atoms with Crippen molar-refractivity contribution in [1.29, 1.82) is 0 Å². The summed E-state index contributed by atoms with van der Waals surface area (Å²) in [5, 5.41) is 7.08. The summed E-state index contributed by atoms with van der Waals surface area (Å²) in [5.41, 5.74) is 16.1. The summed E-state index contributed by atoms with van der Waals surface area (Å²) >= 11 is 0. The standard InChI is InChI=1S/C28H40.C28H36.C20H18F6O2/c1-21(2)13-9-7-11-15-25-17-23(5)20-28-26(18-24(6)19-27(25)28)16-12-8-10-14-22(3)4;1-5-7-9-11-13-15-17-25-19-23(3)22-28-26(20-24(4)21-27(25)28)18-16-14-12-10-8-6-2;1-11-7-13-14(17(9-11)27-5-3-15(21)19(23)24)8-12(2)10-18(13)28-6-4-16(22)20(25)26/h13-14,17-20H,7-12,15-16H2,1-6H3;5-10,19-22H,1-2,11-18H2,3-4H3;7-10H,3-6H2,1-2H3/b;9-7+,10-8+;. The van der Waals surface area contributed by atoms with Crippen LogP contribution < -0.4 is 9.47 Å². The molecule has 0 fully saturated rings. The van der Waals surface area contributed by atoms with Gasteiger partial charge in [0, 0.05) is 23.6 Å². The first-order valence-corrected chi connectivity index (χ1v) is 30.3. The number of halogens is 6. The van der Waals surface area contributed by atoms with Crippen LogP contribution in [-0.4, -0.2) is 13.2 Å². The lowest BCUT2D eigenvalue weighted by Gasteiger charge is -2.15. The molecule has 0 N–H and O–H groups in total. The Hall–Kier alpha value is -6.80. The quantitative estimate of drug-likeness (QED) is 0.0194. The molecule has 84 heavy (non-hydrogen) atoms. The van der Waals surface area contributed by atoms with Crippen molar-refractivity contribution in [3.05, 3.63) is 225 Å². The van der Waals surface area contributed by atoms with Gasteiger partial charge < -0.3 is 9.47 Å². The highest BCUT2D eigenvalue weighted by Gasteiger charge is 2.15. The van der Waals surface area contributed by atoms with Crippen LogP contribution in [0.2, 0.25) is 0 Å². The van der Waals surface area contributed by atoms with E-state index in [-0.39, 0.29) is 13.2 Å². The van der Waals surface area contributed by atoms with Crippen molar-refractivity contribution in [3.8, 4) is 11.5 Å². The number of ether oxygens (including phenoxy) is 2. The van der Waals surface area contributed by atoms with Crippen molar-refractivity contribution < 1.29 is 35.8 Å². The van der Waals surface area contributed by atoms with Gasteiger partial charge in [-0.25, -0.2) is 8.78 Å². The zero-order chi connectivity index (χ0) is 61.6. The summed E-state index contributed by atoms with van der Waals surface area (Å²) in [5.74, 6) is -2.38. The first kappa shape index (κ1) is 69.7. The van der Waals surface area contributed by atoms with Crippen molar-refractivity contribution in [2.75, 3.05) is 13.2 Å². The van der Waals surface area contributed by atoms with Gasteiger partial charge in [0.2, 0.25) is 0 Å². The third kappa shape index (κ3) is 24.8. The maximum atomic E-state index is 13.0. The number of rotatable bonds is 30. The summed E-state index contributed by atoms with van der Waals surface area (Å²) in [6, 6.07) is 26.1. The average molecular weight is 1150 g/mol. The van der Waals surface area contributed by atoms with E-state index in [4.69, 9.17) is 9.47 Å². The minimum atomic E-state index is -2.38. The highest BCUT2D eigenvalue weighted by molar-refractivity contribution is 5.95. The Bertz CT molecular complexity index is 3060. The molecule has 0 atom stereocenters. The van der Waals surface area contributed by atoms with Gasteiger partial charge in [-0.1, -0.05) is 144 Å². The second kappa shape index (κ2) is 37.5. The summed E-state index contributed by atoms with van der Waals surface area (Å²) in [4.78, 5) is 0. The fourth-order valence-electron chi connectivity index (χ4n) is 10.5. The molecule has 0 aromatic heterocycles. The fourth-order valence-corrected chi connectivity index (χ4v) is 10.5. The summed E-state index contributed by atoms with van der Waals surface area (Å²) in [6.07, 6.45) is 30.5. The van der Waals surface area contributed by atoms with E-state index in [9.17, 15) is 26.3 Å². The first-order chi connectivity index (χ1) is 40.2. The molecule has 0 aliphatic carbocycles. The highest BCUT2D eigenvalue weighted by atomic mass is 19.3. The lowest BCUT2D eigenvalue weighted by molar-refractivity contribution is 0.295. The second-order valence-electron chi connectivity index (χ2n) is 22.9. The average Bonchev–Trinajstić information content (AvgIpc) is 2.79. The minimum Gasteiger partial charge on any atom is -0.492 e. The van der Waals surface area contributed by atoms with Crippen LogP contribution in [0, 0.1) is 41.5 Å². The van der Waals surface area contributed by atoms with Crippen LogP contribution in [0.3, 0.4) is 0 Å².